The molecule has 0 bridgehead atoms. The van der Waals surface area contributed by atoms with E-state index in [0.29, 0.717) is 28.2 Å². The molecule has 1 saturated carbocycles. The fourth-order valence-corrected chi connectivity index (χ4v) is 3.75. The molecule has 6 nitrogen and oxygen atoms in total. The molecule has 0 spiro atoms. The molecule has 3 rings (SSSR count). The number of hydrogen-bond acceptors (Lipinski definition) is 5. The summed E-state index contributed by atoms with van der Waals surface area (Å²) in [6.07, 6.45) is 5.71. The Bertz CT molecular complexity index is 802. The van der Waals surface area contributed by atoms with Crippen molar-refractivity contribution in [3.8, 4) is 11.5 Å². The second-order valence-electron chi connectivity index (χ2n) is 6.55. The minimum atomic E-state index is -0.520. The van der Waals surface area contributed by atoms with Crippen molar-refractivity contribution in [2.75, 3.05) is 14.2 Å². The zero-order valence-corrected chi connectivity index (χ0v) is 15.2. The molecule has 0 radical (unpaired) electrons. The number of carbonyl (C=O) groups is 2. The van der Waals surface area contributed by atoms with Gasteiger partial charge in [0.15, 0.2) is 11.5 Å². The van der Waals surface area contributed by atoms with Gasteiger partial charge in [-0.25, -0.2) is 4.79 Å². The van der Waals surface area contributed by atoms with Gasteiger partial charge in [-0.15, -0.1) is 0 Å². The first-order valence-electron chi connectivity index (χ1n) is 8.69. The third-order valence-corrected chi connectivity index (χ3v) is 5.04. The zero-order valence-electron chi connectivity index (χ0n) is 15.2. The highest BCUT2D eigenvalue weighted by atomic mass is 16.5. The zero-order chi connectivity index (χ0) is 18.8. The van der Waals surface area contributed by atoms with Crippen molar-refractivity contribution in [2.45, 2.75) is 38.6 Å². The van der Waals surface area contributed by atoms with Gasteiger partial charge in [-0.2, -0.15) is 0 Å². The summed E-state index contributed by atoms with van der Waals surface area (Å²) in [7, 11) is 2.77. The lowest BCUT2D eigenvalue weighted by atomic mass is 10.0. The van der Waals surface area contributed by atoms with Gasteiger partial charge in [0, 0.05) is 11.7 Å². The van der Waals surface area contributed by atoms with Gasteiger partial charge in [-0.05, 0) is 43.5 Å². The summed E-state index contributed by atoms with van der Waals surface area (Å²) in [5, 5.41) is 9.75. The maximum absolute atomic E-state index is 13.1. The minimum absolute atomic E-state index is 0.0138. The number of ether oxygens (including phenoxy) is 2. The van der Waals surface area contributed by atoms with Crippen LogP contribution >= 0.6 is 0 Å². The molecule has 6 heteroatoms. The lowest BCUT2D eigenvalue weighted by Crippen LogP contribution is -2.34. The van der Waals surface area contributed by atoms with Gasteiger partial charge >= 0.3 is 5.97 Å². The highest BCUT2D eigenvalue weighted by Gasteiger charge is 2.41. The molecule has 0 saturated heterocycles. The number of benzene rings is 1. The molecule has 1 heterocycles. The van der Waals surface area contributed by atoms with Crippen LogP contribution in [-0.4, -0.2) is 42.1 Å². The first kappa shape index (κ1) is 18.0. The number of allylic oxidation sites excluding steroid dienone is 1. The van der Waals surface area contributed by atoms with E-state index in [1.54, 1.807) is 30.0 Å². The van der Waals surface area contributed by atoms with E-state index in [9.17, 15) is 14.7 Å². The van der Waals surface area contributed by atoms with Crippen molar-refractivity contribution < 1.29 is 24.2 Å². The van der Waals surface area contributed by atoms with Crippen LogP contribution in [0.3, 0.4) is 0 Å². The van der Waals surface area contributed by atoms with Crippen molar-refractivity contribution >= 4 is 18.0 Å². The molecule has 1 fully saturated rings. The monoisotopic (exact) mass is 357 g/mol. The fourth-order valence-electron chi connectivity index (χ4n) is 3.75. The smallest absolute Gasteiger partial charge is 0.340 e. The van der Waals surface area contributed by atoms with Crippen LogP contribution in [0.4, 0.5) is 0 Å². The quantitative estimate of drug-likeness (QED) is 0.662. The molecule has 1 aromatic rings. The number of hydrogen-bond donors (Lipinski definition) is 1. The largest absolute Gasteiger partial charge is 0.504 e. The van der Waals surface area contributed by atoms with E-state index in [0.717, 1.165) is 25.7 Å². The highest BCUT2D eigenvalue weighted by Crippen LogP contribution is 2.38. The summed E-state index contributed by atoms with van der Waals surface area (Å²) in [4.78, 5) is 27.2. The SMILES string of the molecule is COC(=O)C1=C(C)N(C2CCCC2)C(=O)C1=Cc1ccc(O)c(OC)c1. The molecular weight excluding hydrogens is 334 g/mol. The summed E-state index contributed by atoms with van der Waals surface area (Å²) < 4.78 is 10.0. The maximum Gasteiger partial charge on any atom is 0.340 e. The molecular formula is C20H23NO5. The first-order valence-corrected chi connectivity index (χ1v) is 8.69. The fraction of sp³-hybridized carbons (Fsp3) is 0.400. The Morgan fingerprint density at radius 1 is 1.27 bits per heavy atom. The number of aromatic hydroxyl groups is 1. The normalized spacial score (nSPS) is 19.6. The van der Waals surface area contributed by atoms with Crippen LogP contribution in [0.2, 0.25) is 0 Å². The van der Waals surface area contributed by atoms with Crippen LogP contribution in [-0.2, 0) is 14.3 Å². The predicted molar refractivity (Wildman–Crippen MR) is 96.5 cm³/mol. The van der Waals surface area contributed by atoms with Gasteiger partial charge in [0.2, 0.25) is 0 Å². The second kappa shape index (κ2) is 7.23. The number of phenolic OH excluding ortho intramolecular Hbond substituents is 1. The predicted octanol–water partition coefficient (Wildman–Crippen LogP) is 3.02. The maximum atomic E-state index is 13.1. The molecule has 0 aromatic heterocycles. The van der Waals surface area contributed by atoms with E-state index in [4.69, 9.17) is 9.47 Å². The number of esters is 1. The summed E-state index contributed by atoms with van der Waals surface area (Å²) in [6, 6.07) is 4.91. The molecule has 1 aliphatic heterocycles. The van der Waals surface area contributed by atoms with Crippen LogP contribution < -0.4 is 4.74 Å². The van der Waals surface area contributed by atoms with Crippen LogP contribution in [0.5, 0.6) is 11.5 Å². The Labute approximate surface area is 152 Å². The number of carbonyl (C=O) groups excluding carboxylic acids is 2. The summed E-state index contributed by atoms with van der Waals surface area (Å²) in [6.45, 7) is 1.79. The van der Waals surface area contributed by atoms with Crippen molar-refractivity contribution in [2.24, 2.45) is 0 Å². The molecule has 1 aliphatic carbocycles. The van der Waals surface area contributed by atoms with Crippen LogP contribution in [0.25, 0.3) is 6.08 Å². The molecule has 26 heavy (non-hydrogen) atoms. The van der Waals surface area contributed by atoms with Crippen molar-refractivity contribution in [1.29, 1.82) is 0 Å². The van der Waals surface area contributed by atoms with E-state index in [1.807, 2.05) is 0 Å². The summed E-state index contributed by atoms with van der Waals surface area (Å²) in [5.74, 6) is -0.382. The highest BCUT2D eigenvalue weighted by molar-refractivity contribution is 6.16. The molecule has 0 unspecified atom stereocenters. The van der Waals surface area contributed by atoms with Gasteiger partial charge in [0.05, 0.1) is 25.4 Å². The summed E-state index contributed by atoms with van der Waals surface area (Å²) in [5.41, 5.74) is 1.92. The lowest BCUT2D eigenvalue weighted by Gasteiger charge is -2.25. The standard InChI is InChI=1S/C20H23NO5/c1-12-18(20(24)26-3)15(19(23)21(12)14-6-4-5-7-14)10-13-8-9-16(22)17(11-13)25-2/h8-11,14,22H,4-7H2,1-3H3. The minimum Gasteiger partial charge on any atom is -0.504 e. The Balaban J connectivity index is 2.06. The third-order valence-electron chi connectivity index (χ3n) is 5.04. The van der Waals surface area contributed by atoms with Gasteiger partial charge in [0.25, 0.3) is 5.91 Å². The second-order valence-corrected chi connectivity index (χ2v) is 6.55. The van der Waals surface area contributed by atoms with Gasteiger partial charge in [0.1, 0.15) is 0 Å². The average molecular weight is 357 g/mol. The molecule has 138 valence electrons. The third kappa shape index (κ3) is 3.07. The molecule has 2 aliphatic rings. The molecule has 1 N–H and O–H groups in total. The Hall–Kier alpha value is -2.76. The van der Waals surface area contributed by atoms with Crippen molar-refractivity contribution in [3.05, 3.63) is 40.6 Å². The Morgan fingerprint density at radius 3 is 2.58 bits per heavy atom. The first-order chi connectivity index (χ1) is 12.5. The number of amides is 1. The Kier molecular flexibility index (Phi) is 5.02. The number of nitrogens with zero attached hydrogens (tertiary/aromatic N) is 1. The van der Waals surface area contributed by atoms with E-state index >= 15 is 0 Å². The average Bonchev–Trinajstić information content (AvgIpc) is 3.23. The number of rotatable bonds is 4. The van der Waals surface area contributed by atoms with Gasteiger partial charge in [-0.1, -0.05) is 18.9 Å². The van der Waals surface area contributed by atoms with Crippen LogP contribution in [0.15, 0.2) is 35.0 Å². The molecule has 0 atom stereocenters. The van der Waals surface area contributed by atoms with Crippen molar-refractivity contribution in [3.63, 3.8) is 0 Å². The lowest BCUT2D eigenvalue weighted by molar-refractivity contribution is -0.136. The van der Waals surface area contributed by atoms with E-state index in [1.165, 1.54) is 20.3 Å². The van der Waals surface area contributed by atoms with E-state index in [-0.39, 0.29) is 17.7 Å². The number of methoxy groups -OCH3 is 2. The molecule has 1 aromatic carbocycles. The van der Waals surface area contributed by atoms with Gasteiger partial charge in [-0.3, -0.25) is 4.79 Å². The van der Waals surface area contributed by atoms with Crippen LogP contribution in [0.1, 0.15) is 38.2 Å². The van der Waals surface area contributed by atoms with E-state index in [2.05, 4.69) is 0 Å². The van der Waals surface area contributed by atoms with Crippen LogP contribution in [0, 0.1) is 0 Å². The van der Waals surface area contributed by atoms with Gasteiger partial charge < -0.3 is 19.5 Å². The topological polar surface area (TPSA) is 76.1 Å². The molecule has 1 amide bonds. The summed E-state index contributed by atoms with van der Waals surface area (Å²) >= 11 is 0. The van der Waals surface area contributed by atoms with E-state index < -0.39 is 5.97 Å². The van der Waals surface area contributed by atoms with Crippen molar-refractivity contribution in [1.82, 2.24) is 4.90 Å². The Morgan fingerprint density at radius 2 is 1.96 bits per heavy atom. The number of phenols is 1.